The first kappa shape index (κ1) is 12.5. The summed E-state index contributed by atoms with van der Waals surface area (Å²) in [6, 6.07) is 0. The molecule has 0 radical (unpaired) electrons. The smallest absolute Gasteiger partial charge is 0.303 e. The first-order chi connectivity index (χ1) is 7.22. The molecule has 0 amide bonds. The fraction of sp³-hybridized carbons (Fsp3) is 0.917. The van der Waals surface area contributed by atoms with Crippen LogP contribution in [0.1, 0.15) is 51.9 Å². The van der Waals surface area contributed by atoms with E-state index in [2.05, 4.69) is 6.92 Å². The number of carboxylic acids is 1. The number of carbonyl (C=O) groups is 1. The lowest BCUT2D eigenvalue weighted by Gasteiger charge is -2.27. The van der Waals surface area contributed by atoms with Crippen LogP contribution < -0.4 is 0 Å². The van der Waals surface area contributed by atoms with E-state index in [1.165, 1.54) is 19.3 Å². The van der Waals surface area contributed by atoms with Crippen LogP contribution in [-0.2, 0) is 9.53 Å². The van der Waals surface area contributed by atoms with Crippen molar-refractivity contribution in [3.8, 4) is 0 Å². The molecule has 1 aliphatic carbocycles. The minimum absolute atomic E-state index is 0.226. The predicted molar refractivity (Wildman–Crippen MR) is 58.9 cm³/mol. The van der Waals surface area contributed by atoms with E-state index in [1.54, 1.807) is 0 Å². The van der Waals surface area contributed by atoms with E-state index in [4.69, 9.17) is 9.84 Å². The van der Waals surface area contributed by atoms with Gasteiger partial charge in [-0.3, -0.25) is 4.79 Å². The second-order valence-corrected chi connectivity index (χ2v) is 4.42. The van der Waals surface area contributed by atoms with E-state index in [0.29, 0.717) is 19.1 Å². The third-order valence-electron chi connectivity index (χ3n) is 3.26. The molecule has 0 unspecified atom stereocenters. The summed E-state index contributed by atoms with van der Waals surface area (Å²) in [5, 5.41) is 8.46. The third-order valence-corrected chi connectivity index (χ3v) is 3.26. The molecule has 0 aromatic carbocycles. The van der Waals surface area contributed by atoms with Gasteiger partial charge >= 0.3 is 5.97 Å². The van der Waals surface area contributed by atoms with E-state index in [-0.39, 0.29) is 6.42 Å². The molecular formula is C12H22O3. The minimum atomic E-state index is -0.728. The van der Waals surface area contributed by atoms with Gasteiger partial charge in [-0.05, 0) is 38.0 Å². The highest BCUT2D eigenvalue weighted by molar-refractivity contribution is 5.66. The number of hydrogen-bond donors (Lipinski definition) is 1. The molecule has 0 aromatic rings. The molecule has 0 heterocycles. The van der Waals surface area contributed by atoms with Gasteiger partial charge in [0.15, 0.2) is 0 Å². The predicted octanol–water partition coefficient (Wildman–Crippen LogP) is 2.84. The summed E-state index contributed by atoms with van der Waals surface area (Å²) >= 11 is 0. The van der Waals surface area contributed by atoms with Crippen molar-refractivity contribution in [3.05, 3.63) is 0 Å². The Morgan fingerprint density at radius 2 is 2.00 bits per heavy atom. The molecule has 0 aliphatic heterocycles. The average Bonchev–Trinajstić information content (AvgIpc) is 2.25. The van der Waals surface area contributed by atoms with Crippen molar-refractivity contribution in [2.45, 2.75) is 58.0 Å². The van der Waals surface area contributed by atoms with Crippen molar-refractivity contribution >= 4 is 5.97 Å². The molecule has 1 aliphatic rings. The molecule has 1 rings (SSSR count). The third kappa shape index (κ3) is 5.17. The van der Waals surface area contributed by atoms with Crippen LogP contribution >= 0.6 is 0 Å². The van der Waals surface area contributed by atoms with Gasteiger partial charge in [0.25, 0.3) is 0 Å². The highest BCUT2D eigenvalue weighted by Gasteiger charge is 2.19. The molecule has 0 aromatic heterocycles. The van der Waals surface area contributed by atoms with Gasteiger partial charge in [0.05, 0.1) is 6.10 Å². The summed E-state index contributed by atoms with van der Waals surface area (Å²) in [7, 11) is 0. The molecule has 1 N–H and O–H groups in total. The molecule has 0 bridgehead atoms. The second-order valence-electron chi connectivity index (χ2n) is 4.42. The van der Waals surface area contributed by atoms with Crippen LogP contribution in [0.15, 0.2) is 0 Å². The van der Waals surface area contributed by atoms with Gasteiger partial charge in [-0.1, -0.05) is 13.3 Å². The maximum atomic E-state index is 10.3. The van der Waals surface area contributed by atoms with Gasteiger partial charge in [-0.2, -0.15) is 0 Å². The molecule has 0 spiro atoms. The summed E-state index contributed by atoms with van der Waals surface area (Å²) in [6.45, 7) is 2.85. The van der Waals surface area contributed by atoms with E-state index in [0.717, 1.165) is 18.8 Å². The lowest BCUT2D eigenvalue weighted by atomic mass is 9.86. The molecule has 1 saturated carbocycles. The van der Waals surface area contributed by atoms with E-state index >= 15 is 0 Å². The second kappa shape index (κ2) is 6.83. The maximum Gasteiger partial charge on any atom is 0.303 e. The normalized spacial score (nSPS) is 26.5. The molecule has 0 atom stereocenters. The Kier molecular flexibility index (Phi) is 5.69. The van der Waals surface area contributed by atoms with Gasteiger partial charge in [0.2, 0.25) is 0 Å². The van der Waals surface area contributed by atoms with Crippen molar-refractivity contribution in [2.24, 2.45) is 5.92 Å². The van der Waals surface area contributed by atoms with Gasteiger partial charge in [0, 0.05) is 13.0 Å². The Morgan fingerprint density at radius 3 is 2.53 bits per heavy atom. The zero-order valence-electron chi connectivity index (χ0n) is 9.58. The molecule has 0 saturated heterocycles. The van der Waals surface area contributed by atoms with Crippen LogP contribution in [-0.4, -0.2) is 23.8 Å². The lowest BCUT2D eigenvalue weighted by molar-refractivity contribution is -0.137. The largest absolute Gasteiger partial charge is 0.481 e. The quantitative estimate of drug-likeness (QED) is 0.691. The van der Waals surface area contributed by atoms with Crippen LogP contribution in [0.3, 0.4) is 0 Å². The van der Waals surface area contributed by atoms with Crippen molar-refractivity contribution in [1.82, 2.24) is 0 Å². The highest BCUT2D eigenvalue weighted by atomic mass is 16.5. The molecule has 1 fully saturated rings. The number of carboxylic acid groups (broad SMARTS) is 1. The summed E-state index contributed by atoms with van der Waals surface area (Å²) < 4.78 is 5.66. The monoisotopic (exact) mass is 214 g/mol. The Labute approximate surface area is 91.8 Å². The molecule has 15 heavy (non-hydrogen) atoms. The summed E-state index contributed by atoms with van der Waals surface area (Å²) in [5.41, 5.74) is 0. The lowest BCUT2D eigenvalue weighted by Crippen LogP contribution is -2.22. The van der Waals surface area contributed by atoms with Gasteiger partial charge < -0.3 is 9.84 Å². The summed E-state index contributed by atoms with van der Waals surface area (Å²) in [4.78, 5) is 10.3. The first-order valence-electron chi connectivity index (χ1n) is 6.05. The van der Waals surface area contributed by atoms with Crippen molar-refractivity contribution in [1.29, 1.82) is 0 Å². The fourth-order valence-corrected chi connectivity index (χ4v) is 2.18. The maximum absolute atomic E-state index is 10.3. The minimum Gasteiger partial charge on any atom is -0.481 e. The van der Waals surface area contributed by atoms with E-state index in [1.807, 2.05) is 0 Å². The van der Waals surface area contributed by atoms with Crippen LogP contribution in [0.2, 0.25) is 0 Å². The van der Waals surface area contributed by atoms with E-state index < -0.39 is 5.97 Å². The van der Waals surface area contributed by atoms with Crippen molar-refractivity contribution < 1.29 is 14.6 Å². The Bertz CT molecular complexity index is 183. The summed E-state index contributed by atoms with van der Waals surface area (Å²) in [6.07, 6.45) is 7.41. The van der Waals surface area contributed by atoms with Crippen molar-refractivity contribution in [2.75, 3.05) is 6.61 Å². The SMILES string of the molecule is CCC1CCC(OCCCC(=O)O)CC1. The van der Waals surface area contributed by atoms with Crippen LogP contribution in [0, 0.1) is 5.92 Å². The van der Waals surface area contributed by atoms with Crippen LogP contribution in [0.4, 0.5) is 0 Å². The summed E-state index contributed by atoms with van der Waals surface area (Å²) in [5.74, 6) is 0.164. The van der Waals surface area contributed by atoms with Gasteiger partial charge in [-0.25, -0.2) is 0 Å². The number of rotatable bonds is 6. The molecule has 88 valence electrons. The molecule has 3 heteroatoms. The molecule has 3 nitrogen and oxygen atoms in total. The van der Waals surface area contributed by atoms with Crippen molar-refractivity contribution in [3.63, 3.8) is 0 Å². The van der Waals surface area contributed by atoms with Crippen LogP contribution in [0.25, 0.3) is 0 Å². The average molecular weight is 214 g/mol. The van der Waals surface area contributed by atoms with Gasteiger partial charge in [0.1, 0.15) is 0 Å². The Balaban J connectivity index is 2.01. The standard InChI is InChI=1S/C12H22O3/c1-2-10-5-7-11(8-6-10)15-9-3-4-12(13)14/h10-11H,2-9H2,1H3,(H,13,14). The zero-order chi connectivity index (χ0) is 11.1. The fourth-order valence-electron chi connectivity index (χ4n) is 2.18. The molecular weight excluding hydrogens is 192 g/mol. The highest BCUT2D eigenvalue weighted by Crippen LogP contribution is 2.28. The topological polar surface area (TPSA) is 46.5 Å². The van der Waals surface area contributed by atoms with E-state index in [9.17, 15) is 4.79 Å². The number of ether oxygens (including phenoxy) is 1. The first-order valence-corrected chi connectivity index (χ1v) is 6.05. The van der Waals surface area contributed by atoms with Crippen LogP contribution in [0.5, 0.6) is 0 Å². The Hall–Kier alpha value is -0.570. The van der Waals surface area contributed by atoms with Gasteiger partial charge in [-0.15, -0.1) is 0 Å². The number of hydrogen-bond acceptors (Lipinski definition) is 2. The zero-order valence-corrected chi connectivity index (χ0v) is 9.58. The number of aliphatic carboxylic acids is 1. The Morgan fingerprint density at radius 1 is 1.33 bits per heavy atom.